The average Bonchev–Trinajstić information content (AvgIpc) is 2.43. The fourth-order valence-corrected chi connectivity index (χ4v) is 2.33. The van der Waals surface area contributed by atoms with Crippen LogP contribution >= 0.6 is 0 Å². The molecule has 1 aliphatic heterocycles. The smallest absolute Gasteiger partial charge is 0.228 e. The molecule has 0 aromatic carbocycles. The molecule has 1 aliphatic rings. The third-order valence-electron chi connectivity index (χ3n) is 3.47. The van der Waals surface area contributed by atoms with E-state index in [2.05, 4.69) is 4.98 Å². The first-order valence-electron chi connectivity index (χ1n) is 6.80. The van der Waals surface area contributed by atoms with Crippen molar-refractivity contribution in [3.8, 4) is 0 Å². The number of nitrogens with zero attached hydrogens (tertiary/aromatic N) is 2. The van der Waals surface area contributed by atoms with Crippen molar-refractivity contribution >= 4 is 17.4 Å². The van der Waals surface area contributed by atoms with E-state index in [4.69, 9.17) is 10.5 Å². The molecule has 2 rings (SSSR count). The van der Waals surface area contributed by atoms with Gasteiger partial charge in [-0.1, -0.05) is 0 Å². The van der Waals surface area contributed by atoms with Crippen LogP contribution in [0.1, 0.15) is 26.2 Å². The summed E-state index contributed by atoms with van der Waals surface area (Å²) in [6, 6.07) is 3.56. The Balaban J connectivity index is 2.00. The number of carbonyl (C=O) groups excluding carboxylic acids is 1. The summed E-state index contributed by atoms with van der Waals surface area (Å²) in [4.78, 5) is 18.3. The van der Waals surface area contributed by atoms with Crippen molar-refractivity contribution in [2.45, 2.75) is 26.2 Å². The molecule has 19 heavy (non-hydrogen) atoms. The van der Waals surface area contributed by atoms with Gasteiger partial charge in [0.2, 0.25) is 5.91 Å². The van der Waals surface area contributed by atoms with E-state index in [1.165, 1.54) is 0 Å². The number of hydrogen-bond donors (Lipinski definition) is 1. The Morgan fingerprint density at radius 1 is 1.47 bits per heavy atom. The highest BCUT2D eigenvalue weighted by Crippen LogP contribution is 2.21. The minimum Gasteiger partial charge on any atom is -0.397 e. The number of amides is 1. The maximum absolute atomic E-state index is 12.3. The van der Waals surface area contributed by atoms with Crippen LogP contribution in [0.25, 0.3) is 0 Å². The monoisotopic (exact) mass is 263 g/mol. The van der Waals surface area contributed by atoms with Gasteiger partial charge in [0.05, 0.1) is 11.9 Å². The number of aromatic nitrogens is 1. The van der Waals surface area contributed by atoms with Crippen molar-refractivity contribution in [1.29, 1.82) is 0 Å². The molecule has 1 saturated heterocycles. The molecule has 104 valence electrons. The normalized spacial score (nSPS) is 16.3. The lowest BCUT2D eigenvalue weighted by molar-refractivity contribution is -0.120. The van der Waals surface area contributed by atoms with Gasteiger partial charge in [0.1, 0.15) is 5.82 Å². The van der Waals surface area contributed by atoms with Crippen molar-refractivity contribution in [1.82, 2.24) is 4.98 Å². The van der Waals surface area contributed by atoms with Gasteiger partial charge in [-0.3, -0.25) is 9.69 Å². The van der Waals surface area contributed by atoms with Crippen LogP contribution in [0.5, 0.6) is 0 Å². The van der Waals surface area contributed by atoms with Crippen LogP contribution in [0.15, 0.2) is 18.3 Å². The van der Waals surface area contributed by atoms with E-state index in [1.807, 2.05) is 6.92 Å². The minimum absolute atomic E-state index is 0.131. The maximum atomic E-state index is 12.3. The van der Waals surface area contributed by atoms with Crippen LogP contribution < -0.4 is 10.6 Å². The van der Waals surface area contributed by atoms with Gasteiger partial charge in [-0.15, -0.1) is 0 Å². The quantitative estimate of drug-likeness (QED) is 0.900. The van der Waals surface area contributed by atoms with E-state index < -0.39 is 0 Å². The third kappa shape index (κ3) is 3.67. The van der Waals surface area contributed by atoms with Gasteiger partial charge in [0, 0.05) is 26.2 Å². The Hall–Kier alpha value is -1.62. The summed E-state index contributed by atoms with van der Waals surface area (Å²) in [6.07, 6.45) is 4.10. The second kappa shape index (κ2) is 6.52. The van der Waals surface area contributed by atoms with Gasteiger partial charge >= 0.3 is 0 Å². The molecule has 2 heterocycles. The van der Waals surface area contributed by atoms with E-state index in [9.17, 15) is 4.79 Å². The molecule has 2 N–H and O–H groups in total. The second-order valence-electron chi connectivity index (χ2n) is 4.85. The van der Waals surface area contributed by atoms with E-state index in [-0.39, 0.29) is 5.91 Å². The first-order valence-corrected chi connectivity index (χ1v) is 6.80. The van der Waals surface area contributed by atoms with Crippen LogP contribution in [0.2, 0.25) is 0 Å². The average molecular weight is 263 g/mol. The molecule has 0 aliphatic carbocycles. The van der Waals surface area contributed by atoms with Crippen LogP contribution in [-0.4, -0.2) is 30.6 Å². The summed E-state index contributed by atoms with van der Waals surface area (Å²) >= 11 is 0. The molecule has 1 fully saturated rings. The number of carbonyl (C=O) groups is 1. The van der Waals surface area contributed by atoms with Gasteiger partial charge in [0.25, 0.3) is 0 Å². The number of nitrogen functional groups attached to an aromatic ring is 1. The summed E-state index contributed by atoms with van der Waals surface area (Å²) in [6.45, 7) is 4.12. The predicted octanol–water partition coefficient (Wildman–Crippen LogP) is 1.83. The highest BCUT2D eigenvalue weighted by molar-refractivity contribution is 5.92. The number of ether oxygens (including phenoxy) is 1. The van der Waals surface area contributed by atoms with Crippen molar-refractivity contribution < 1.29 is 9.53 Å². The van der Waals surface area contributed by atoms with Crippen molar-refractivity contribution in [2.24, 2.45) is 5.92 Å². The highest BCUT2D eigenvalue weighted by Gasteiger charge is 2.22. The molecule has 5 heteroatoms. The number of anilines is 2. The van der Waals surface area contributed by atoms with Gasteiger partial charge in [-0.05, 0) is 37.8 Å². The summed E-state index contributed by atoms with van der Waals surface area (Å²) in [5.74, 6) is 1.24. The molecule has 5 nitrogen and oxygen atoms in total. The summed E-state index contributed by atoms with van der Waals surface area (Å²) in [5.41, 5.74) is 6.22. The molecular formula is C14H21N3O2. The fraction of sp³-hybridized carbons (Fsp3) is 0.571. The molecule has 0 atom stereocenters. The minimum atomic E-state index is 0.131. The number of pyridine rings is 1. The standard InChI is InChI=1S/C14H21N3O2/c1-2-17(13-4-3-12(15)10-16-13)14(18)9-11-5-7-19-8-6-11/h3-4,10-11H,2,5-9,15H2,1H3. The van der Waals surface area contributed by atoms with Crippen LogP contribution in [-0.2, 0) is 9.53 Å². The van der Waals surface area contributed by atoms with Crippen LogP contribution in [0.3, 0.4) is 0 Å². The fourth-order valence-electron chi connectivity index (χ4n) is 2.33. The van der Waals surface area contributed by atoms with Gasteiger partial charge in [-0.25, -0.2) is 4.98 Å². The van der Waals surface area contributed by atoms with E-state index in [1.54, 1.807) is 23.2 Å². The molecule has 1 aromatic heterocycles. The molecule has 0 bridgehead atoms. The number of nitrogens with two attached hydrogens (primary N) is 1. The zero-order valence-electron chi connectivity index (χ0n) is 11.3. The predicted molar refractivity (Wildman–Crippen MR) is 74.8 cm³/mol. The SMILES string of the molecule is CCN(C(=O)CC1CCOCC1)c1ccc(N)cn1. The van der Waals surface area contributed by atoms with Crippen molar-refractivity contribution in [2.75, 3.05) is 30.4 Å². The van der Waals surface area contributed by atoms with Gasteiger partial charge in [0.15, 0.2) is 0 Å². The lowest BCUT2D eigenvalue weighted by Crippen LogP contribution is -2.33. The summed E-state index contributed by atoms with van der Waals surface area (Å²) in [5, 5.41) is 0. The number of hydrogen-bond acceptors (Lipinski definition) is 4. The molecule has 1 amide bonds. The van der Waals surface area contributed by atoms with Crippen molar-refractivity contribution in [3.05, 3.63) is 18.3 Å². The molecular weight excluding hydrogens is 242 g/mol. The van der Waals surface area contributed by atoms with E-state index in [0.29, 0.717) is 30.4 Å². The zero-order chi connectivity index (χ0) is 13.7. The Morgan fingerprint density at radius 2 is 2.21 bits per heavy atom. The Kier molecular flexibility index (Phi) is 4.74. The summed E-state index contributed by atoms with van der Waals surface area (Å²) in [7, 11) is 0. The Bertz CT molecular complexity index is 413. The summed E-state index contributed by atoms with van der Waals surface area (Å²) < 4.78 is 5.31. The van der Waals surface area contributed by atoms with Crippen molar-refractivity contribution in [3.63, 3.8) is 0 Å². The zero-order valence-corrected chi connectivity index (χ0v) is 11.3. The molecule has 0 saturated carbocycles. The topological polar surface area (TPSA) is 68.5 Å². The first-order chi connectivity index (χ1) is 9.20. The van der Waals surface area contributed by atoms with Crippen LogP contribution in [0.4, 0.5) is 11.5 Å². The second-order valence-corrected chi connectivity index (χ2v) is 4.85. The lowest BCUT2D eigenvalue weighted by atomic mass is 9.96. The van der Waals surface area contributed by atoms with E-state index >= 15 is 0 Å². The molecule has 0 spiro atoms. The Morgan fingerprint density at radius 3 is 2.79 bits per heavy atom. The largest absolute Gasteiger partial charge is 0.397 e. The number of rotatable bonds is 4. The first kappa shape index (κ1) is 13.8. The Labute approximate surface area is 113 Å². The van der Waals surface area contributed by atoms with Crippen LogP contribution in [0, 0.1) is 5.92 Å². The molecule has 0 unspecified atom stereocenters. The van der Waals surface area contributed by atoms with Gasteiger partial charge < -0.3 is 10.5 Å². The van der Waals surface area contributed by atoms with E-state index in [0.717, 1.165) is 26.1 Å². The van der Waals surface area contributed by atoms with Gasteiger partial charge in [-0.2, -0.15) is 0 Å². The lowest BCUT2D eigenvalue weighted by Gasteiger charge is -2.25. The molecule has 0 radical (unpaired) electrons. The highest BCUT2D eigenvalue weighted by atomic mass is 16.5. The maximum Gasteiger partial charge on any atom is 0.228 e. The third-order valence-corrected chi connectivity index (χ3v) is 3.47. The molecule has 1 aromatic rings.